The molecule has 0 spiro atoms. The number of fused-ring (bicyclic) bond motifs is 1. The van der Waals surface area contributed by atoms with Crippen LogP contribution in [0.15, 0.2) is 54.6 Å². The molecule has 4 atom stereocenters. The van der Waals surface area contributed by atoms with Gasteiger partial charge >= 0.3 is 5.97 Å². The second-order valence-electron chi connectivity index (χ2n) is 10.3. The number of aromatic nitrogens is 1. The van der Waals surface area contributed by atoms with Gasteiger partial charge in [-0.15, -0.1) is 11.6 Å². The molecule has 36 heavy (non-hydrogen) atoms. The van der Waals surface area contributed by atoms with Crippen LogP contribution in [0.5, 0.6) is 0 Å². The Kier molecular flexibility index (Phi) is 8.88. The van der Waals surface area contributed by atoms with Crippen LogP contribution in [0.1, 0.15) is 45.4 Å². The Morgan fingerprint density at radius 1 is 1.11 bits per heavy atom. The van der Waals surface area contributed by atoms with E-state index in [0.717, 1.165) is 33.3 Å². The number of aliphatic hydroxyl groups is 2. The van der Waals surface area contributed by atoms with Crippen molar-refractivity contribution in [3.63, 3.8) is 0 Å². The lowest BCUT2D eigenvalue weighted by Crippen LogP contribution is -2.39. The predicted octanol–water partition coefficient (Wildman–Crippen LogP) is 6.08. The van der Waals surface area contributed by atoms with Gasteiger partial charge in [0, 0.05) is 34.7 Å². The number of rotatable bonds is 9. The quantitative estimate of drug-likeness (QED) is 0.301. The summed E-state index contributed by atoms with van der Waals surface area (Å²) in [6, 6.07) is 13.8. The monoisotopic (exact) mass is 513 g/mol. The second-order valence-corrected chi connectivity index (χ2v) is 11.0. The number of aliphatic carboxylic acids is 1. The van der Waals surface area contributed by atoms with Gasteiger partial charge in [0.05, 0.1) is 29.3 Å². The third kappa shape index (κ3) is 6.69. The van der Waals surface area contributed by atoms with E-state index in [-0.39, 0.29) is 17.6 Å². The summed E-state index contributed by atoms with van der Waals surface area (Å²) in [6.45, 7) is 7.10. The zero-order valence-electron chi connectivity index (χ0n) is 21.0. The maximum atomic E-state index is 13.7. The zero-order valence-corrected chi connectivity index (χ0v) is 21.7. The summed E-state index contributed by atoms with van der Waals surface area (Å²) in [5.41, 5.74) is 3.15. The summed E-state index contributed by atoms with van der Waals surface area (Å²) in [5.74, 6) is -2.49. The van der Waals surface area contributed by atoms with E-state index in [0.29, 0.717) is 6.42 Å². The van der Waals surface area contributed by atoms with Gasteiger partial charge in [0.1, 0.15) is 5.82 Å². The first-order valence-electron chi connectivity index (χ1n) is 12.0. The van der Waals surface area contributed by atoms with Gasteiger partial charge in [0.2, 0.25) is 0 Å². The van der Waals surface area contributed by atoms with Crippen LogP contribution in [-0.2, 0) is 11.2 Å². The Labute approximate surface area is 216 Å². The van der Waals surface area contributed by atoms with Crippen molar-refractivity contribution in [1.29, 1.82) is 0 Å². The molecule has 0 fully saturated rings. The molecule has 192 valence electrons. The summed E-state index contributed by atoms with van der Waals surface area (Å²) in [5, 5.41) is 31.6. The number of aliphatic hydroxyl groups excluding tert-OH is 2. The highest BCUT2D eigenvalue weighted by molar-refractivity contribution is 6.20. The van der Waals surface area contributed by atoms with Gasteiger partial charge < -0.3 is 15.3 Å². The summed E-state index contributed by atoms with van der Waals surface area (Å²) in [4.78, 5) is 16.6. The first kappa shape index (κ1) is 27.8. The molecule has 2 aromatic carbocycles. The molecule has 0 amide bonds. The molecule has 0 radical (unpaired) electrons. The van der Waals surface area contributed by atoms with Gasteiger partial charge in [0.25, 0.3) is 0 Å². The fraction of sp³-hybridized carbons (Fsp3) is 0.379. The van der Waals surface area contributed by atoms with Crippen LogP contribution in [-0.4, -0.2) is 43.9 Å². The number of para-hydroxylation sites is 1. The molecule has 3 aromatic rings. The normalized spacial score (nSPS) is 15.7. The molecular weight excluding hydrogens is 481 g/mol. The van der Waals surface area contributed by atoms with E-state index in [9.17, 15) is 24.5 Å². The van der Waals surface area contributed by atoms with Crippen molar-refractivity contribution in [2.24, 2.45) is 11.3 Å². The highest BCUT2D eigenvalue weighted by Gasteiger charge is 2.37. The van der Waals surface area contributed by atoms with E-state index in [1.54, 1.807) is 39.0 Å². The predicted molar refractivity (Wildman–Crippen MR) is 142 cm³/mol. The van der Waals surface area contributed by atoms with Crippen LogP contribution in [0.25, 0.3) is 28.1 Å². The Morgan fingerprint density at radius 3 is 2.33 bits per heavy atom. The molecule has 2 unspecified atom stereocenters. The molecule has 1 heterocycles. The molecular formula is C29H33ClFNO4. The van der Waals surface area contributed by atoms with E-state index < -0.39 is 29.5 Å². The van der Waals surface area contributed by atoms with Crippen molar-refractivity contribution in [3.05, 3.63) is 71.7 Å². The van der Waals surface area contributed by atoms with Gasteiger partial charge in [0.15, 0.2) is 0 Å². The number of benzene rings is 2. The SMILES string of the molecule is CC(Cl)Cc1nc2ccccc2c(-c2ccc(F)cc2)c1C=C[C@@H](O)C[C@@H](O)C(C(=O)O)C(C)(C)C. The topological polar surface area (TPSA) is 90.7 Å². The lowest BCUT2D eigenvalue weighted by molar-refractivity contribution is -0.152. The number of hydrogen-bond donors (Lipinski definition) is 3. The van der Waals surface area contributed by atoms with Gasteiger partial charge in [-0.25, -0.2) is 4.39 Å². The summed E-state index contributed by atoms with van der Waals surface area (Å²) in [6.07, 6.45) is 1.25. The summed E-state index contributed by atoms with van der Waals surface area (Å²) < 4.78 is 13.7. The minimum atomic E-state index is -1.24. The molecule has 3 N–H and O–H groups in total. The Balaban J connectivity index is 2.08. The molecule has 0 aliphatic rings. The van der Waals surface area contributed by atoms with Gasteiger partial charge in [-0.3, -0.25) is 9.78 Å². The third-order valence-electron chi connectivity index (χ3n) is 6.17. The highest BCUT2D eigenvalue weighted by atomic mass is 35.5. The number of pyridine rings is 1. The minimum Gasteiger partial charge on any atom is -0.481 e. The van der Waals surface area contributed by atoms with Gasteiger partial charge in [-0.05, 0) is 36.1 Å². The molecule has 3 rings (SSSR count). The van der Waals surface area contributed by atoms with Crippen molar-refractivity contribution < 1.29 is 24.5 Å². The third-order valence-corrected chi connectivity index (χ3v) is 6.32. The van der Waals surface area contributed by atoms with E-state index in [1.165, 1.54) is 18.2 Å². The number of halogens is 2. The van der Waals surface area contributed by atoms with E-state index >= 15 is 0 Å². The average molecular weight is 514 g/mol. The number of carbonyl (C=O) groups is 1. The van der Waals surface area contributed by atoms with Crippen molar-refractivity contribution in [3.8, 4) is 11.1 Å². The Morgan fingerprint density at radius 2 is 1.75 bits per heavy atom. The van der Waals surface area contributed by atoms with Crippen LogP contribution in [0.3, 0.4) is 0 Å². The zero-order chi connectivity index (χ0) is 26.6. The van der Waals surface area contributed by atoms with Crippen LogP contribution in [0.2, 0.25) is 0 Å². The maximum absolute atomic E-state index is 13.7. The molecule has 0 bridgehead atoms. The summed E-state index contributed by atoms with van der Waals surface area (Å²) in [7, 11) is 0. The summed E-state index contributed by atoms with van der Waals surface area (Å²) >= 11 is 6.34. The number of nitrogens with zero attached hydrogens (tertiary/aromatic N) is 1. The Hall–Kier alpha value is -2.80. The van der Waals surface area contributed by atoms with Gasteiger partial charge in [-0.1, -0.05) is 63.3 Å². The molecule has 1 aromatic heterocycles. The number of carboxylic acids is 1. The van der Waals surface area contributed by atoms with Crippen LogP contribution >= 0.6 is 11.6 Å². The molecule has 0 saturated heterocycles. The van der Waals surface area contributed by atoms with Crippen molar-refractivity contribution in [2.75, 3.05) is 0 Å². The van der Waals surface area contributed by atoms with Crippen molar-refractivity contribution in [2.45, 2.75) is 58.1 Å². The lowest BCUT2D eigenvalue weighted by atomic mass is 9.76. The lowest BCUT2D eigenvalue weighted by Gasteiger charge is -2.31. The number of alkyl halides is 1. The first-order chi connectivity index (χ1) is 16.9. The standard InChI is InChI=1S/C29H33ClFNO4/c1-17(30)15-24-22(14-13-20(33)16-25(34)27(28(35)36)29(2,3)4)26(18-9-11-19(31)12-10-18)21-7-5-6-8-23(21)32-24/h5-14,17,20,25,27,33-34H,15-16H2,1-4H3,(H,35,36)/t17?,20-,25-,27?/m1/s1. The van der Waals surface area contributed by atoms with Crippen molar-refractivity contribution >= 4 is 34.5 Å². The first-order valence-corrected chi connectivity index (χ1v) is 12.4. The maximum Gasteiger partial charge on any atom is 0.309 e. The number of hydrogen-bond acceptors (Lipinski definition) is 4. The largest absolute Gasteiger partial charge is 0.481 e. The number of carboxylic acid groups (broad SMARTS) is 1. The fourth-order valence-electron chi connectivity index (χ4n) is 4.59. The van der Waals surface area contributed by atoms with Gasteiger partial charge in [-0.2, -0.15) is 0 Å². The molecule has 0 saturated carbocycles. The Bertz CT molecular complexity index is 1230. The highest BCUT2D eigenvalue weighted by Crippen LogP contribution is 2.36. The van der Waals surface area contributed by atoms with E-state index in [2.05, 4.69) is 0 Å². The second kappa shape index (κ2) is 11.5. The fourth-order valence-corrected chi connectivity index (χ4v) is 4.73. The molecule has 0 aliphatic carbocycles. The molecule has 5 nitrogen and oxygen atoms in total. The van der Waals surface area contributed by atoms with Crippen LogP contribution in [0.4, 0.5) is 4.39 Å². The average Bonchev–Trinajstić information content (AvgIpc) is 2.76. The smallest absolute Gasteiger partial charge is 0.309 e. The van der Waals surface area contributed by atoms with Crippen LogP contribution in [0, 0.1) is 17.2 Å². The van der Waals surface area contributed by atoms with Crippen LogP contribution < -0.4 is 0 Å². The van der Waals surface area contributed by atoms with E-state index in [1.807, 2.05) is 31.2 Å². The van der Waals surface area contributed by atoms with E-state index in [4.69, 9.17) is 16.6 Å². The van der Waals surface area contributed by atoms with Crippen molar-refractivity contribution in [1.82, 2.24) is 4.98 Å². The molecule has 0 aliphatic heterocycles. The molecule has 7 heteroatoms. The minimum absolute atomic E-state index is 0.140.